The summed E-state index contributed by atoms with van der Waals surface area (Å²) < 4.78 is 42.0. The molecule has 0 atom stereocenters. The maximum Gasteiger partial charge on any atom is 0.219 e. The Hall–Kier alpha value is -4.29. The highest BCUT2D eigenvalue weighted by Gasteiger charge is 2.32. The van der Waals surface area contributed by atoms with Gasteiger partial charge in [0.05, 0.1) is 33.8 Å². The van der Waals surface area contributed by atoms with Gasteiger partial charge in [0.2, 0.25) is 17.4 Å². The van der Waals surface area contributed by atoms with E-state index in [2.05, 4.69) is 35.9 Å². The summed E-state index contributed by atoms with van der Waals surface area (Å²) in [5.74, 6) is -1.69. The van der Waals surface area contributed by atoms with Gasteiger partial charge < -0.3 is 25.1 Å². The van der Waals surface area contributed by atoms with Crippen molar-refractivity contribution in [1.82, 2.24) is 24.6 Å². The number of nitrogen functional groups attached to an aromatic ring is 1. The molecule has 226 valence electrons. The van der Waals surface area contributed by atoms with Crippen LogP contribution in [-0.2, 0) is 0 Å². The third-order valence-electron chi connectivity index (χ3n) is 8.21. The van der Waals surface area contributed by atoms with Crippen LogP contribution < -0.4 is 15.2 Å². The van der Waals surface area contributed by atoms with E-state index in [1.54, 1.807) is 13.0 Å². The van der Waals surface area contributed by atoms with Gasteiger partial charge in [-0.25, -0.2) is 18.4 Å². The molecule has 1 aliphatic carbocycles. The van der Waals surface area contributed by atoms with Gasteiger partial charge in [-0.1, -0.05) is 6.07 Å². The number of likely N-dealkylation sites (tertiary alicyclic amines) is 1. The van der Waals surface area contributed by atoms with Crippen LogP contribution in [0.15, 0.2) is 59.3 Å². The second-order valence-electron chi connectivity index (χ2n) is 11.3. The fourth-order valence-electron chi connectivity index (χ4n) is 5.68. The quantitative estimate of drug-likeness (QED) is 0.178. The lowest BCUT2D eigenvalue weighted by molar-refractivity contribution is 0.0961. The maximum atomic E-state index is 14.0. The molecule has 4 heterocycles. The molecule has 1 saturated heterocycles. The van der Waals surface area contributed by atoms with E-state index in [9.17, 15) is 13.6 Å². The lowest BCUT2D eigenvalue weighted by Gasteiger charge is -2.32. The van der Waals surface area contributed by atoms with Crippen molar-refractivity contribution in [2.24, 2.45) is 0 Å². The van der Waals surface area contributed by atoms with Crippen molar-refractivity contribution in [1.29, 1.82) is 0 Å². The summed E-state index contributed by atoms with van der Waals surface area (Å²) in [7, 11) is 0. The van der Waals surface area contributed by atoms with Crippen LogP contribution >= 0.6 is 15.9 Å². The van der Waals surface area contributed by atoms with Crippen molar-refractivity contribution in [3.63, 3.8) is 0 Å². The molecular formula is C32H29BrF2N6O3. The highest BCUT2D eigenvalue weighted by Crippen LogP contribution is 2.35. The molecule has 0 unspecified atom stereocenters. The molecule has 3 N–H and O–H groups in total. The van der Waals surface area contributed by atoms with Gasteiger partial charge >= 0.3 is 0 Å². The van der Waals surface area contributed by atoms with E-state index in [0.717, 1.165) is 65.2 Å². The molecule has 2 aromatic carbocycles. The van der Waals surface area contributed by atoms with Crippen LogP contribution in [0.4, 0.5) is 14.6 Å². The number of hydrogen-bond acceptors (Lipinski definition) is 7. The molecule has 0 amide bonds. The van der Waals surface area contributed by atoms with Gasteiger partial charge in [-0.3, -0.25) is 4.79 Å². The number of aryl methyl sites for hydroxylation is 1. The third kappa shape index (κ3) is 5.43. The number of fused-ring (bicyclic) bond motifs is 1. The van der Waals surface area contributed by atoms with Crippen LogP contribution in [-0.4, -0.2) is 55.7 Å². The molecule has 0 spiro atoms. The third-order valence-corrected chi connectivity index (χ3v) is 8.83. The summed E-state index contributed by atoms with van der Waals surface area (Å²) in [4.78, 5) is 23.5. The minimum absolute atomic E-state index is 0.00594. The van der Waals surface area contributed by atoms with Crippen molar-refractivity contribution in [2.45, 2.75) is 44.8 Å². The SMILES string of the molecule is Cc1cc(Oc2c(F)cccc2F)ncc1-n1ncc(C(=O)c2cc3cc(OC4CCN(C5CC5)CC4)c(Br)cc3[nH]2)c1N. The van der Waals surface area contributed by atoms with E-state index in [-0.39, 0.29) is 29.1 Å². The van der Waals surface area contributed by atoms with Gasteiger partial charge in [0.25, 0.3) is 0 Å². The Morgan fingerprint density at radius 3 is 2.52 bits per heavy atom. The number of H-pyrrole nitrogens is 1. The van der Waals surface area contributed by atoms with Crippen molar-refractivity contribution < 1.29 is 23.0 Å². The van der Waals surface area contributed by atoms with Crippen molar-refractivity contribution in [3.8, 4) is 23.1 Å². The Bertz CT molecular complexity index is 1870. The summed E-state index contributed by atoms with van der Waals surface area (Å²) in [5, 5.41) is 5.17. The number of halogens is 3. The number of para-hydroxylation sites is 1. The molecule has 1 saturated carbocycles. The Balaban J connectivity index is 1.09. The van der Waals surface area contributed by atoms with Crippen LogP contribution in [0.5, 0.6) is 17.4 Å². The Morgan fingerprint density at radius 1 is 1.07 bits per heavy atom. The van der Waals surface area contributed by atoms with Crippen LogP contribution in [0.25, 0.3) is 16.6 Å². The molecule has 0 radical (unpaired) electrons. The molecule has 7 rings (SSSR count). The average Bonchev–Trinajstić information content (AvgIpc) is 3.67. The molecule has 12 heteroatoms. The Kier molecular flexibility index (Phi) is 7.33. The number of nitrogens with two attached hydrogens (primary N) is 1. The van der Waals surface area contributed by atoms with Crippen molar-refractivity contribution in [2.75, 3.05) is 18.8 Å². The van der Waals surface area contributed by atoms with Gasteiger partial charge in [0, 0.05) is 36.1 Å². The number of rotatable bonds is 8. The van der Waals surface area contributed by atoms with E-state index in [4.69, 9.17) is 15.2 Å². The molecule has 9 nitrogen and oxygen atoms in total. The van der Waals surface area contributed by atoms with Crippen LogP contribution in [0.2, 0.25) is 0 Å². The largest absolute Gasteiger partial charge is 0.489 e. The zero-order chi connectivity index (χ0) is 30.5. The predicted molar refractivity (Wildman–Crippen MR) is 165 cm³/mol. The van der Waals surface area contributed by atoms with Crippen LogP contribution in [0.3, 0.4) is 0 Å². The van der Waals surface area contributed by atoms with Crippen molar-refractivity contribution in [3.05, 3.63) is 87.8 Å². The summed E-state index contributed by atoms with van der Waals surface area (Å²) in [6.07, 6.45) is 7.60. The number of hydrogen-bond donors (Lipinski definition) is 2. The van der Waals surface area contributed by atoms with E-state index in [1.165, 1.54) is 42.0 Å². The van der Waals surface area contributed by atoms with Crippen LogP contribution in [0.1, 0.15) is 47.3 Å². The van der Waals surface area contributed by atoms with Gasteiger partial charge in [-0.05, 0) is 84.4 Å². The van der Waals surface area contributed by atoms with Gasteiger partial charge in [0.1, 0.15) is 17.7 Å². The summed E-state index contributed by atoms with van der Waals surface area (Å²) in [6, 6.07) is 11.4. The minimum Gasteiger partial charge on any atom is -0.489 e. The van der Waals surface area contributed by atoms with Gasteiger partial charge in [0.15, 0.2) is 11.6 Å². The lowest BCUT2D eigenvalue weighted by atomic mass is 10.1. The number of ether oxygens (including phenoxy) is 2. The number of benzene rings is 2. The zero-order valence-electron chi connectivity index (χ0n) is 23.8. The molecule has 44 heavy (non-hydrogen) atoms. The topological polar surface area (TPSA) is 111 Å². The zero-order valence-corrected chi connectivity index (χ0v) is 25.4. The number of pyridine rings is 1. The lowest BCUT2D eigenvalue weighted by Crippen LogP contribution is -2.39. The van der Waals surface area contributed by atoms with Gasteiger partial charge in [-0.2, -0.15) is 5.10 Å². The van der Waals surface area contributed by atoms with E-state index in [1.807, 2.05) is 12.1 Å². The number of carbonyl (C=O) groups is 1. The highest BCUT2D eigenvalue weighted by atomic mass is 79.9. The first-order valence-corrected chi connectivity index (χ1v) is 15.2. The fraction of sp³-hybridized carbons (Fsp3) is 0.281. The molecule has 5 aromatic rings. The maximum absolute atomic E-state index is 14.0. The highest BCUT2D eigenvalue weighted by molar-refractivity contribution is 9.10. The monoisotopic (exact) mass is 662 g/mol. The summed E-state index contributed by atoms with van der Waals surface area (Å²) in [6.45, 7) is 3.87. The first kappa shape index (κ1) is 28.5. The number of aromatic nitrogens is 4. The van der Waals surface area contributed by atoms with E-state index in [0.29, 0.717) is 16.9 Å². The molecule has 0 bridgehead atoms. The number of nitrogens with zero attached hydrogens (tertiary/aromatic N) is 4. The fourth-order valence-corrected chi connectivity index (χ4v) is 6.12. The number of nitrogens with one attached hydrogen (secondary N) is 1. The first-order valence-electron chi connectivity index (χ1n) is 14.4. The normalized spacial score (nSPS) is 16.0. The van der Waals surface area contributed by atoms with Crippen LogP contribution in [0, 0.1) is 18.6 Å². The Morgan fingerprint density at radius 2 is 1.82 bits per heavy atom. The smallest absolute Gasteiger partial charge is 0.219 e. The van der Waals surface area contributed by atoms with E-state index < -0.39 is 17.4 Å². The summed E-state index contributed by atoms with van der Waals surface area (Å²) >= 11 is 3.63. The number of piperidine rings is 1. The second kappa shape index (κ2) is 11.3. The minimum atomic E-state index is -0.842. The molecule has 3 aromatic heterocycles. The van der Waals surface area contributed by atoms with Gasteiger partial charge in [-0.15, -0.1) is 0 Å². The number of ketones is 1. The first-order chi connectivity index (χ1) is 21.2. The standard InChI is InChI=1S/C32H29BrF2N6O3/c1-17-11-29(44-31-23(34)3-2-4-24(31)35)37-16-27(17)41-32(36)21(15-38-41)30(42)26-12-18-13-28(22(33)14-25(18)39-26)43-20-7-9-40(10-8-20)19-5-6-19/h2-4,11-16,19-20,39H,5-10,36H2,1H3. The molecule has 2 fully saturated rings. The Labute approximate surface area is 260 Å². The molecule has 2 aliphatic rings. The molecule has 1 aliphatic heterocycles. The summed E-state index contributed by atoms with van der Waals surface area (Å²) in [5.41, 5.74) is 8.84. The average molecular weight is 664 g/mol. The number of anilines is 1. The number of carbonyl (C=O) groups excluding carboxylic acids is 1. The molecular weight excluding hydrogens is 634 g/mol. The number of aromatic amines is 1. The van der Waals surface area contributed by atoms with E-state index >= 15 is 0 Å². The predicted octanol–water partition coefficient (Wildman–Crippen LogP) is 6.71. The second-order valence-corrected chi connectivity index (χ2v) is 12.1. The van der Waals surface area contributed by atoms with Crippen molar-refractivity contribution >= 4 is 38.4 Å².